The predicted octanol–water partition coefficient (Wildman–Crippen LogP) is 3.70. The molecule has 2 nitrogen and oxygen atoms in total. The number of benzene rings is 1. The first-order valence-electron chi connectivity index (χ1n) is 7.52. The first-order valence-corrected chi connectivity index (χ1v) is 7.52. The molecule has 19 heavy (non-hydrogen) atoms. The standard InChI is InChI=1S/C16H25FN2/c1-3-10-18-12-14-15(17)8-5-9-16(14)19-11-6-7-13(19)4-2/h5,8-9,13,18H,3-4,6-7,10-12H2,1-2H3. The van der Waals surface area contributed by atoms with E-state index in [1.54, 1.807) is 6.07 Å². The van der Waals surface area contributed by atoms with Crippen LogP contribution in [-0.4, -0.2) is 19.1 Å². The fraction of sp³-hybridized carbons (Fsp3) is 0.625. The minimum atomic E-state index is -0.0807. The molecule has 1 fully saturated rings. The molecule has 1 saturated heterocycles. The average Bonchev–Trinajstić information content (AvgIpc) is 2.89. The Hall–Kier alpha value is -1.09. The van der Waals surface area contributed by atoms with Crippen molar-refractivity contribution in [2.75, 3.05) is 18.0 Å². The molecule has 1 aromatic carbocycles. The summed E-state index contributed by atoms with van der Waals surface area (Å²) in [5.74, 6) is -0.0807. The second-order valence-electron chi connectivity index (χ2n) is 5.31. The first kappa shape index (κ1) is 14.3. The van der Waals surface area contributed by atoms with Gasteiger partial charge in [-0.05, 0) is 44.4 Å². The average molecular weight is 264 g/mol. The summed E-state index contributed by atoms with van der Waals surface area (Å²) in [7, 11) is 0. The molecule has 0 radical (unpaired) electrons. The fourth-order valence-electron chi connectivity index (χ4n) is 2.96. The second-order valence-corrected chi connectivity index (χ2v) is 5.31. The van der Waals surface area contributed by atoms with Gasteiger partial charge in [-0.1, -0.05) is 19.9 Å². The van der Waals surface area contributed by atoms with Crippen molar-refractivity contribution in [3.63, 3.8) is 0 Å². The van der Waals surface area contributed by atoms with Crippen LogP contribution in [0.2, 0.25) is 0 Å². The lowest BCUT2D eigenvalue weighted by Crippen LogP contribution is -2.30. The van der Waals surface area contributed by atoms with Crippen molar-refractivity contribution in [3.8, 4) is 0 Å². The number of halogens is 1. The molecule has 0 saturated carbocycles. The lowest BCUT2D eigenvalue weighted by molar-refractivity contribution is 0.580. The van der Waals surface area contributed by atoms with E-state index in [1.807, 2.05) is 6.07 Å². The Morgan fingerprint density at radius 2 is 2.21 bits per heavy atom. The number of nitrogens with zero attached hydrogens (tertiary/aromatic N) is 1. The number of nitrogens with one attached hydrogen (secondary N) is 1. The maximum atomic E-state index is 14.1. The van der Waals surface area contributed by atoms with Crippen molar-refractivity contribution >= 4 is 5.69 Å². The highest BCUT2D eigenvalue weighted by Gasteiger charge is 2.25. The van der Waals surface area contributed by atoms with Crippen molar-refractivity contribution in [1.29, 1.82) is 0 Å². The molecule has 0 aliphatic carbocycles. The zero-order valence-electron chi connectivity index (χ0n) is 12.1. The Morgan fingerprint density at radius 1 is 1.37 bits per heavy atom. The molecule has 1 aromatic rings. The topological polar surface area (TPSA) is 15.3 Å². The normalized spacial score (nSPS) is 19.1. The Labute approximate surface area is 116 Å². The molecule has 1 atom stereocenters. The summed E-state index contributed by atoms with van der Waals surface area (Å²) >= 11 is 0. The Morgan fingerprint density at radius 3 is 2.95 bits per heavy atom. The van der Waals surface area contributed by atoms with Gasteiger partial charge in [0.2, 0.25) is 0 Å². The van der Waals surface area contributed by atoms with Gasteiger partial charge in [-0.2, -0.15) is 0 Å². The Kier molecular flexibility index (Phi) is 5.20. The van der Waals surface area contributed by atoms with Gasteiger partial charge in [-0.3, -0.25) is 0 Å². The van der Waals surface area contributed by atoms with E-state index in [1.165, 1.54) is 12.8 Å². The Bertz CT molecular complexity index is 406. The van der Waals surface area contributed by atoms with Crippen LogP contribution in [0.1, 0.15) is 45.1 Å². The van der Waals surface area contributed by atoms with Gasteiger partial charge in [-0.25, -0.2) is 4.39 Å². The molecule has 1 aliphatic heterocycles. The molecule has 1 aliphatic rings. The number of hydrogen-bond acceptors (Lipinski definition) is 2. The van der Waals surface area contributed by atoms with E-state index in [0.717, 1.165) is 37.2 Å². The largest absolute Gasteiger partial charge is 0.368 e. The fourth-order valence-corrected chi connectivity index (χ4v) is 2.96. The van der Waals surface area contributed by atoms with Crippen LogP contribution in [0.4, 0.5) is 10.1 Å². The minimum absolute atomic E-state index is 0.0807. The lowest BCUT2D eigenvalue weighted by atomic mass is 10.1. The molecule has 1 N–H and O–H groups in total. The van der Waals surface area contributed by atoms with Crippen molar-refractivity contribution in [2.45, 2.75) is 52.1 Å². The summed E-state index contributed by atoms with van der Waals surface area (Å²) in [4.78, 5) is 2.39. The molecule has 0 aromatic heterocycles. The van der Waals surface area contributed by atoms with Gasteiger partial charge in [0.15, 0.2) is 0 Å². The third kappa shape index (κ3) is 3.27. The van der Waals surface area contributed by atoms with Crippen LogP contribution < -0.4 is 10.2 Å². The van der Waals surface area contributed by atoms with Gasteiger partial charge >= 0.3 is 0 Å². The Balaban J connectivity index is 2.21. The van der Waals surface area contributed by atoms with Crippen LogP contribution in [0.15, 0.2) is 18.2 Å². The van der Waals surface area contributed by atoms with E-state index in [0.29, 0.717) is 12.6 Å². The molecule has 106 valence electrons. The van der Waals surface area contributed by atoms with Gasteiger partial charge in [0.25, 0.3) is 0 Å². The SMILES string of the molecule is CCCNCc1c(F)cccc1N1CCCC1CC. The van der Waals surface area contributed by atoms with Crippen LogP contribution in [0.25, 0.3) is 0 Å². The molecular weight excluding hydrogens is 239 g/mol. The summed E-state index contributed by atoms with van der Waals surface area (Å²) in [5.41, 5.74) is 1.92. The highest BCUT2D eigenvalue weighted by atomic mass is 19.1. The number of hydrogen-bond donors (Lipinski definition) is 1. The second kappa shape index (κ2) is 6.90. The van der Waals surface area contributed by atoms with E-state index in [-0.39, 0.29) is 5.82 Å². The summed E-state index contributed by atoms with van der Waals surface area (Å²) in [6.07, 6.45) is 4.66. The van der Waals surface area contributed by atoms with E-state index in [9.17, 15) is 4.39 Å². The van der Waals surface area contributed by atoms with Crippen LogP contribution in [0.5, 0.6) is 0 Å². The first-order chi connectivity index (χ1) is 9.27. The molecule has 0 amide bonds. The quantitative estimate of drug-likeness (QED) is 0.788. The van der Waals surface area contributed by atoms with Crippen molar-refractivity contribution in [2.24, 2.45) is 0 Å². The zero-order valence-corrected chi connectivity index (χ0v) is 12.1. The van der Waals surface area contributed by atoms with Crippen molar-refractivity contribution in [3.05, 3.63) is 29.6 Å². The van der Waals surface area contributed by atoms with Gasteiger partial charge in [-0.15, -0.1) is 0 Å². The van der Waals surface area contributed by atoms with Crippen molar-refractivity contribution in [1.82, 2.24) is 5.32 Å². The molecule has 1 heterocycles. The predicted molar refractivity (Wildman–Crippen MR) is 79.1 cm³/mol. The van der Waals surface area contributed by atoms with Crippen LogP contribution in [0.3, 0.4) is 0 Å². The monoisotopic (exact) mass is 264 g/mol. The van der Waals surface area contributed by atoms with E-state index >= 15 is 0 Å². The maximum Gasteiger partial charge on any atom is 0.129 e. The smallest absolute Gasteiger partial charge is 0.129 e. The molecular formula is C16H25FN2. The zero-order chi connectivity index (χ0) is 13.7. The summed E-state index contributed by atoms with van der Waals surface area (Å²) in [6.45, 7) is 6.97. The summed E-state index contributed by atoms with van der Waals surface area (Å²) < 4.78 is 14.1. The van der Waals surface area contributed by atoms with Crippen LogP contribution in [0, 0.1) is 5.82 Å². The molecule has 3 heteroatoms. The highest BCUT2D eigenvalue weighted by molar-refractivity contribution is 5.55. The number of rotatable bonds is 6. The third-order valence-corrected chi connectivity index (χ3v) is 3.98. The molecule has 1 unspecified atom stereocenters. The van der Waals surface area contributed by atoms with Crippen molar-refractivity contribution < 1.29 is 4.39 Å². The third-order valence-electron chi connectivity index (χ3n) is 3.98. The van der Waals surface area contributed by atoms with Gasteiger partial charge in [0, 0.05) is 30.4 Å². The molecule has 0 spiro atoms. The van der Waals surface area contributed by atoms with E-state index in [4.69, 9.17) is 0 Å². The maximum absolute atomic E-state index is 14.1. The van der Waals surface area contributed by atoms with Gasteiger partial charge < -0.3 is 10.2 Å². The van der Waals surface area contributed by atoms with Crippen LogP contribution >= 0.6 is 0 Å². The number of anilines is 1. The van der Waals surface area contributed by atoms with E-state index < -0.39 is 0 Å². The van der Waals surface area contributed by atoms with Gasteiger partial charge in [0.05, 0.1) is 0 Å². The summed E-state index contributed by atoms with van der Waals surface area (Å²) in [6, 6.07) is 6.05. The molecule has 0 bridgehead atoms. The highest BCUT2D eigenvalue weighted by Crippen LogP contribution is 2.31. The lowest BCUT2D eigenvalue weighted by Gasteiger charge is -2.28. The molecule has 2 rings (SSSR count). The minimum Gasteiger partial charge on any atom is -0.368 e. The summed E-state index contributed by atoms with van der Waals surface area (Å²) in [5, 5.41) is 3.32. The van der Waals surface area contributed by atoms with E-state index in [2.05, 4.69) is 30.1 Å². The van der Waals surface area contributed by atoms with Crippen LogP contribution in [-0.2, 0) is 6.54 Å². The van der Waals surface area contributed by atoms with Gasteiger partial charge in [0.1, 0.15) is 5.82 Å².